The number of nitrogen functional groups attached to an aromatic ring is 1. The van der Waals surface area contributed by atoms with Gasteiger partial charge >= 0.3 is 6.09 Å². The maximum absolute atomic E-state index is 11.6. The first-order valence-corrected chi connectivity index (χ1v) is 7.67. The number of carbonyl (C=O) groups is 1. The lowest BCUT2D eigenvalue weighted by molar-refractivity contribution is 0.141. The van der Waals surface area contributed by atoms with Crippen molar-refractivity contribution in [1.82, 2.24) is 5.32 Å². The van der Waals surface area contributed by atoms with Crippen molar-refractivity contribution >= 4 is 41.1 Å². The molecule has 0 atom stereocenters. The quantitative estimate of drug-likeness (QED) is 0.779. The highest BCUT2D eigenvalue weighted by Crippen LogP contribution is 2.28. The predicted molar refractivity (Wildman–Crippen MR) is 94.5 cm³/mol. The Hall–Kier alpha value is -2.17. The van der Waals surface area contributed by atoms with Gasteiger partial charge in [-0.1, -0.05) is 65.7 Å². The number of carbonyl (C=O) groups excluding carboxylic acids is 1. The zero-order chi connectivity index (χ0) is 16.7. The van der Waals surface area contributed by atoms with Crippen molar-refractivity contribution in [2.24, 2.45) is 0 Å². The van der Waals surface area contributed by atoms with Gasteiger partial charge in [0.1, 0.15) is 6.61 Å². The molecule has 0 saturated heterocycles. The summed E-state index contributed by atoms with van der Waals surface area (Å²) in [4.78, 5) is 11.6. The molecule has 0 aliphatic carbocycles. The van der Waals surface area contributed by atoms with Crippen LogP contribution >= 0.6 is 23.2 Å². The number of ether oxygens (including phenoxy) is 1. The smallest absolute Gasteiger partial charge is 0.407 e. The molecule has 3 N–H and O–H groups in total. The number of alkyl carbamates (subject to hydrolysis) is 1. The second-order valence-electron chi connectivity index (χ2n) is 4.74. The standard InChI is InChI=1S/C17H16Cl2N2O2/c18-14-9-13(16(20)15(19)10-14)7-4-8-21-17(22)23-11-12-5-2-1-3-6-12/h1-7,9-10H,8,11,20H2,(H,21,22). The summed E-state index contributed by atoms with van der Waals surface area (Å²) in [7, 11) is 0. The highest BCUT2D eigenvalue weighted by Gasteiger charge is 2.03. The minimum absolute atomic E-state index is 0.229. The molecule has 1 amide bonds. The SMILES string of the molecule is Nc1c(Cl)cc(Cl)cc1C=CCNC(=O)OCc1ccccc1. The topological polar surface area (TPSA) is 64.3 Å². The molecule has 0 bridgehead atoms. The zero-order valence-electron chi connectivity index (χ0n) is 12.3. The Morgan fingerprint density at radius 3 is 2.70 bits per heavy atom. The van der Waals surface area contributed by atoms with Crippen molar-refractivity contribution in [2.75, 3.05) is 12.3 Å². The van der Waals surface area contributed by atoms with E-state index in [2.05, 4.69) is 5.32 Å². The Kier molecular flexibility index (Phi) is 6.32. The molecule has 4 nitrogen and oxygen atoms in total. The van der Waals surface area contributed by atoms with Crippen molar-refractivity contribution in [3.05, 3.63) is 69.7 Å². The van der Waals surface area contributed by atoms with Gasteiger partial charge in [-0.2, -0.15) is 0 Å². The normalized spacial score (nSPS) is 10.7. The third kappa shape index (κ3) is 5.51. The fourth-order valence-electron chi connectivity index (χ4n) is 1.84. The maximum Gasteiger partial charge on any atom is 0.407 e. The second-order valence-corrected chi connectivity index (χ2v) is 5.58. The number of hydrogen-bond acceptors (Lipinski definition) is 3. The number of halogens is 2. The summed E-state index contributed by atoms with van der Waals surface area (Å²) in [5.41, 5.74) is 7.92. The average molecular weight is 351 g/mol. The molecule has 0 aliphatic heterocycles. The van der Waals surface area contributed by atoms with E-state index in [0.29, 0.717) is 27.8 Å². The third-order valence-corrected chi connectivity index (χ3v) is 3.53. The average Bonchev–Trinajstić information content (AvgIpc) is 2.54. The number of benzene rings is 2. The first-order chi connectivity index (χ1) is 11.1. The molecule has 0 heterocycles. The summed E-state index contributed by atoms with van der Waals surface area (Å²) < 4.78 is 5.09. The van der Waals surface area contributed by atoms with Gasteiger partial charge in [0.25, 0.3) is 0 Å². The van der Waals surface area contributed by atoms with Crippen LogP contribution in [-0.2, 0) is 11.3 Å². The first-order valence-electron chi connectivity index (χ1n) is 6.92. The van der Waals surface area contributed by atoms with Gasteiger partial charge < -0.3 is 15.8 Å². The van der Waals surface area contributed by atoms with Crippen molar-refractivity contribution in [2.45, 2.75) is 6.61 Å². The Balaban J connectivity index is 1.79. The van der Waals surface area contributed by atoms with Crippen LogP contribution in [0.5, 0.6) is 0 Å². The Bertz CT molecular complexity index is 703. The van der Waals surface area contributed by atoms with E-state index in [1.807, 2.05) is 30.3 Å². The van der Waals surface area contributed by atoms with E-state index in [-0.39, 0.29) is 6.61 Å². The van der Waals surface area contributed by atoms with Gasteiger partial charge in [-0.15, -0.1) is 0 Å². The van der Waals surface area contributed by atoms with Gasteiger partial charge in [-0.05, 0) is 17.7 Å². The summed E-state index contributed by atoms with van der Waals surface area (Å²) in [6, 6.07) is 12.7. The van der Waals surface area contributed by atoms with Crippen molar-refractivity contribution in [3.8, 4) is 0 Å². The molecular weight excluding hydrogens is 335 g/mol. The number of hydrogen-bond donors (Lipinski definition) is 2. The van der Waals surface area contributed by atoms with Crippen LogP contribution in [0.15, 0.2) is 48.5 Å². The summed E-state index contributed by atoms with van der Waals surface area (Å²) >= 11 is 11.9. The Morgan fingerprint density at radius 2 is 1.96 bits per heavy atom. The highest BCUT2D eigenvalue weighted by atomic mass is 35.5. The van der Waals surface area contributed by atoms with E-state index < -0.39 is 6.09 Å². The third-order valence-electron chi connectivity index (χ3n) is 3.00. The highest BCUT2D eigenvalue weighted by molar-refractivity contribution is 6.36. The summed E-state index contributed by atoms with van der Waals surface area (Å²) in [6.07, 6.45) is 2.99. The summed E-state index contributed by atoms with van der Waals surface area (Å²) in [6.45, 7) is 0.532. The van der Waals surface area contributed by atoms with E-state index in [1.165, 1.54) is 0 Å². The molecule has 23 heavy (non-hydrogen) atoms. The first kappa shape index (κ1) is 17.2. The van der Waals surface area contributed by atoms with Crippen molar-refractivity contribution < 1.29 is 9.53 Å². The van der Waals surface area contributed by atoms with E-state index in [1.54, 1.807) is 24.3 Å². The van der Waals surface area contributed by atoms with Gasteiger partial charge in [0.05, 0.1) is 10.7 Å². The van der Waals surface area contributed by atoms with Crippen LogP contribution in [0.1, 0.15) is 11.1 Å². The second kappa shape index (κ2) is 8.46. The van der Waals surface area contributed by atoms with Crippen LogP contribution in [0.3, 0.4) is 0 Å². The lowest BCUT2D eigenvalue weighted by atomic mass is 10.1. The molecule has 0 aliphatic rings. The number of nitrogens with two attached hydrogens (primary N) is 1. The van der Waals surface area contributed by atoms with Crippen LogP contribution in [0.25, 0.3) is 6.08 Å². The number of anilines is 1. The molecule has 0 saturated carbocycles. The Labute approximate surface area is 144 Å². The molecule has 0 unspecified atom stereocenters. The number of rotatable bonds is 5. The van der Waals surface area contributed by atoms with Crippen LogP contribution in [0, 0.1) is 0 Å². The molecule has 2 rings (SSSR count). The fraction of sp³-hybridized carbons (Fsp3) is 0.118. The number of amides is 1. The molecular formula is C17H16Cl2N2O2. The summed E-state index contributed by atoms with van der Waals surface area (Å²) in [5.74, 6) is 0. The van der Waals surface area contributed by atoms with E-state index in [0.717, 1.165) is 5.56 Å². The van der Waals surface area contributed by atoms with Crippen LogP contribution in [0.4, 0.5) is 10.5 Å². The molecule has 6 heteroatoms. The van der Waals surface area contributed by atoms with Gasteiger partial charge in [0.15, 0.2) is 0 Å². The van der Waals surface area contributed by atoms with Crippen LogP contribution < -0.4 is 11.1 Å². The van der Waals surface area contributed by atoms with Gasteiger partial charge in [0.2, 0.25) is 0 Å². The van der Waals surface area contributed by atoms with Crippen LogP contribution in [0.2, 0.25) is 10.0 Å². The fourth-order valence-corrected chi connectivity index (χ4v) is 2.35. The summed E-state index contributed by atoms with van der Waals surface area (Å²) in [5, 5.41) is 3.51. The largest absolute Gasteiger partial charge is 0.445 e. The van der Waals surface area contributed by atoms with Gasteiger partial charge in [0, 0.05) is 17.1 Å². The van der Waals surface area contributed by atoms with E-state index in [9.17, 15) is 4.79 Å². The molecule has 0 radical (unpaired) electrons. The lowest BCUT2D eigenvalue weighted by Gasteiger charge is -2.06. The van der Waals surface area contributed by atoms with Gasteiger partial charge in [-0.3, -0.25) is 0 Å². The van der Waals surface area contributed by atoms with E-state index >= 15 is 0 Å². The molecule has 0 fully saturated rings. The predicted octanol–water partition coefficient (Wildman–Crippen LogP) is 4.52. The van der Waals surface area contributed by atoms with Crippen molar-refractivity contribution in [3.63, 3.8) is 0 Å². The Morgan fingerprint density at radius 1 is 1.22 bits per heavy atom. The molecule has 2 aromatic carbocycles. The monoisotopic (exact) mass is 350 g/mol. The molecule has 120 valence electrons. The minimum Gasteiger partial charge on any atom is -0.445 e. The van der Waals surface area contributed by atoms with Crippen LogP contribution in [-0.4, -0.2) is 12.6 Å². The number of nitrogens with one attached hydrogen (secondary N) is 1. The van der Waals surface area contributed by atoms with E-state index in [4.69, 9.17) is 33.7 Å². The maximum atomic E-state index is 11.6. The van der Waals surface area contributed by atoms with Gasteiger partial charge in [-0.25, -0.2) is 4.79 Å². The molecule has 0 aromatic heterocycles. The van der Waals surface area contributed by atoms with Crippen molar-refractivity contribution in [1.29, 1.82) is 0 Å². The minimum atomic E-state index is -0.490. The lowest BCUT2D eigenvalue weighted by Crippen LogP contribution is -2.24. The molecule has 0 spiro atoms. The molecule has 2 aromatic rings. The zero-order valence-corrected chi connectivity index (χ0v) is 13.8.